The molecule has 1 aliphatic heterocycles. The third-order valence-corrected chi connectivity index (χ3v) is 4.83. The highest BCUT2D eigenvalue weighted by atomic mass is 16.5. The van der Waals surface area contributed by atoms with Crippen molar-refractivity contribution in [2.24, 2.45) is 5.92 Å². The molecule has 26 heavy (non-hydrogen) atoms. The van der Waals surface area contributed by atoms with Crippen molar-refractivity contribution in [3.63, 3.8) is 0 Å². The van der Waals surface area contributed by atoms with Crippen molar-refractivity contribution in [1.29, 1.82) is 0 Å². The molecule has 0 bridgehead atoms. The van der Waals surface area contributed by atoms with Crippen molar-refractivity contribution in [2.45, 2.75) is 46.6 Å². The summed E-state index contributed by atoms with van der Waals surface area (Å²) in [5.74, 6) is 1.77. The molecular formula is C21H35N3O2. The minimum Gasteiger partial charge on any atom is -0.492 e. The molecule has 1 N–H and O–H groups in total. The number of piperazine rings is 1. The van der Waals surface area contributed by atoms with Gasteiger partial charge in [0, 0.05) is 32.2 Å². The van der Waals surface area contributed by atoms with Gasteiger partial charge >= 0.3 is 0 Å². The molecule has 0 unspecified atom stereocenters. The predicted octanol–water partition coefficient (Wildman–Crippen LogP) is 3.15. The predicted molar refractivity (Wildman–Crippen MR) is 108 cm³/mol. The van der Waals surface area contributed by atoms with Crippen molar-refractivity contribution in [3.05, 3.63) is 24.3 Å². The zero-order valence-electron chi connectivity index (χ0n) is 16.8. The van der Waals surface area contributed by atoms with Crippen molar-refractivity contribution in [3.8, 4) is 5.75 Å². The molecule has 2 rings (SSSR count). The van der Waals surface area contributed by atoms with Gasteiger partial charge in [0.05, 0.1) is 18.8 Å². The van der Waals surface area contributed by atoms with E-state index < -0.39 is 0 Å². The topological polar surface area (TPSA) is 44.8 Å². The Morgan fingerprint density at radius 3 is 2.46 bits per heavy atom. The fourth-order valence-corrected chi connectivity index (χ4v) is 3.32. The summed E-state index contributed by atoms with van der Waals surface area (Å²) in [6, 6.07) is 8.46. The van der Waals surface area contributed by atoms with E-state index in [9.17, 15) is 4.79 Å². The van der Waals surface area contributed by atoms with Crippen LogP contribution in [0, 0.1) is 5.92 Å². The maximum absolute atomic E-state index is 12.3. The van der Waals surface area contributed by atoms with Crippen molar-refractivity contribution in [1.82, 2.24) is 10.2 Å². The van der Waals surface area contributed by atoms with Gasteiger partial charge in [-0.15, -0.1) is 0 Å². The molecule has 0 saturated carbocycles. The number of benzene rings is 1. The number of ether oxygens (including phenoxy) is 1. The van der Waals surface area contributed by atoms with Gasteiger partial charge in [-0.1, -0.05) is 26.0 Å². The van der Waals surface area contributed by atoms with Crippen LogP contribution in [0.15, 0.2) is 24.3 Å². The van der Waals surface area contributed by atoms with Crippen LogP contribution >= 0.6 is 0 Å². The third-order valence-electron chi connectivity index (χ3n) is 4.83. The Morgan fingerprint density at radius 2 is 1.81 bits per heavy atom. The second kappa shape index (κ2) is 10.4. The summed E-state index contributed by atoms with van der Waals surface area (Å²) in [5.41, 5.74) is 1.15. The molecule has 1 aromatic carbocycles. The van der Waals surface area contributed by atoms with Crippen molar-refractivity contribution < 1.29 is 9.53 Å². The molecule has 146 valence electrons. The number of carbonyl (C=O) groups excluding carboxylic acids is 1. The number of nitrogens with zero attached hydrogens (tertiary/aromatic N) is 2. The lowest BCUT2D eigenvalue weighted by Crippen LogP contribution is -2.50. The number of carbonyl (C=O) groups is 1. The summed E-state index contributed by atoms with van der Waals surface area (Å²) < 4.78 is 5.75. The number of amides is 1. The molecule has 1 saturated heterocycles. The van der Waals surface area contributed by atoms with Crippen LogP contribution in [-0.4, -0.2) is 56.2 Å². The number of anilines is 1. The SMILES string of the molecule is CCOc1ccccc1N1CCN(CC(=O)N[C@@H](C)CCC(C)C)CC1. The van der Waals surface area contributed by atoms with Gasteiger partial charge in [-0.3, -0.25) is 9.69 Å². The quantitative estimate of drug-likeness (QED) is 0.734. The standard InChI is InChI=1S/C21H35N3O2/c1-5-26-20-9-7-6-8-19(20)24-14-12-23(13-15-24)16-21(25)22-18(4)11-10-17(2)3/h6-9,17-18H,5,10-16H2,1-4H3,(H,22,25)/t18-/m0/s1. The first-order chi connectivity index (χ1) is 12.5. The van der Waals surface area contributed by atoms with Gasteiger partial charge in [0.25, 0.3) is 0 Å². The highest BCUT2D eigenvalue weighted by Crippen LogP contribution is 2.28. The van der Waals surface area contributed by atoms with E-state index in [4.69, 9.17) is 4.74 Å². The van der Waals surface area contributed by atoms with E-state index in [-0.39, 0.29) is 11.9 Å². The van der Waals surface area contributed by atoms with Gasteiger partial charge < -0.3 is 15.0 Å². The van der Waals surface area contributed by atoms with Crippen LogP contribution in [0.3, 0.4) is 0 Å². The number of nitrogens with one attached hydrogen (secondary N) is 1. The lowest BCUT2D eigenvalue weighted by Gasteiger charge is -2.36. The molecule has 5 nitrogen and oxygen atoms in total. The first kappa shape index (κ1) is 20.6. The Bertz CT molecular complexity index is 554. The van der Waals surface area contributed by atoms with Gasteiger partial charge in [-0.25, -0.2) is 0 Å². The van der Waals surface area contributed by atoms with Crippen molar-refractivity contribution >= 4 is 11.6 Å². The lowest BCUT2D eigenvalue weighted by molar-refractivity contribution is -0.123. The van der Waals surface area contributed by atoms with E-state index in [1.807, 2.05) is 19.1 Å². The Balaban J connectivity index is 1.77. The summed E-state index contributed by atoms with van der Waals surface area (Å²) in [4.78, 5) is 16.9. The van der Waals surface area contributed by atoms with Crippen molar-refractivity contribution in [2.75, 3.05) is 44.2 Å². The molecule has 1 aromatic rings. The van der Waals surface area contributed by atoms with Gasteiger partial charge in [0.15, 0.2) is 0 Å². The van der Waals surface area contributed by atoms with E-state index >= 15 is 0 Å². The van der Waals surface area contributed by atoms with E-state index in [0.717, 1.165) is 50.5 Å². The molecule has 0 radical (unpaired) electrons. The Morgan fingerprint density at radius 1 is 1.12 bits per heavy atom. The number of para-hydroxylation sites is 2. The first-order valence-electron chi connectivity index (χ1n) is 9.98. The summed E-state index contributed by atoms with van der Waals surface area (Å²) >= 11 is 0. The smallest absolute Gasteiger partial charge is 0.234 e. The van der Waals surface area contributed by atoms with Gasteiger partial charge in [-0.2, -0.15) is 0 Å². The zero-order chi connectivity index (χ0) is 18.9. The second-order valence-corrected chi connectivity index (χ2v) is 7.60. The number of hydrogen-bond acceptors (Lipinski definition) is 4. The lowest BCUT2D eigenvalue weighted by atomic mass is 10.0. The molecular weight excluding hydrogens is 326 g/mol. The first-order valence-corrected chi connectivity index (χ1v) is 9.98. The average molecular weight is 362 g/mol. The van der Waals surface area contributed by atoms with Crippen LogP contribution in [0.5, 0.6) is 5.75 Å². The van der Waals surface area contributed by atoms with Crippen LogP contribution in [-0.2, 0) is 4.79 Å². The fourth-order valence-electron chi connectivity index (χ4n) is 3.32. The minimum absolute atomic E-state index is 0.143. The molecule has 5 heteroatoms. The highest BCUT2D eigenvalue weighted by molar-refractivity contribution is 5.78. The molecule has 1 fully saturated rings. The third kappa shape index (κ3) is 6.52. The van der Waals surface area contributed by atoms with Gasteiger partial charge in [0.2, 0.25) is 5.91 Å². The summed E-state index contributed by atoms with van der Waals surface area (Å²) in [6.45, 7) is 13.3. The minimum atomic E-state index is 0.143. The molecule has 1 heterocycles. The fraction of sp³-hybridized carbons (Fsp3) is 0.667. The van der Waals surface area contributed by atoms with Crippen LogP contribution in [0.4, 0.5) is 5.69 Å². The summed E-state index contributed by atoms with van der Waals surface area (Å²) in [6.07, 6.45) is 2.20. The maximum atomic E-state index is 12.3. The van der Waals surface area contributed by atoms with Crippen LogP contribution in [0.2, 0.25) is 0 Å². The monoisotopic (exact) mass is 361 g/mol. The summed E-state index contributed by atoms with van der Waals surface area (Å²) in [5, 5.41) is 3.14. The van der Waals surface area contributed by atoms with E-state index in [1.165, 1.54) is 0 Å². The number of rotatable bonds is 9. The van der Waals surface area contributed by atoms with Crippen LogP contribution < -0.4 is 15.0 Å². The molecule has 0 spiro atoms. The zero-order valence-corrected chi connectivity index (χ0v) is 16.8. The van der Waals surface area contributed by atoms with Crippen LogP contribution in [0.25, 0.3) is 0 Å². The molecule has 0 aromatic heterocycles. The van der Waals surface area contributed by atoms with E-state index in [0.29, 0.717) is 19.1 Å². The molecule has 1 aliphatic rings. The largest absolute Gasteiger partial charge is 0.492 e. The normalized spacial score (nSPS) is 16.6. The highest BCUT2D eigenvalue weighted by Gasteiger charge is 2.21. The molecule has 1 atom stereocenters. The van der Waals surface area contributed by atoms with Gasteiger partial charge in [-0.05, 0) is 44.7 Å². The second-order valence-electron chi connectivity index (χ2n) is 7.60. The number of hydrogen-bond donors (Lipinski definition) is 1. The Hall–Kier alpha value is -1.75. The van der Waals surface area contributed by atoms with E-state index in [2.05, 4.69) is 48.0 Å². The van der Waals surface area contributed by atoms with Crippen LogP contribution in [0.1, 0.15) is 40.5 Å². The maximum Gasteiger partial charge on any atom is 0.234 e. The summed E-state index contributed by atoms with van der Waals surface area (Å²) in [7, 11) is 0. The molecule has 1 amide bonds. The van der Waals surface area contributed by atoms with E-state index in [1.54, 1.807) is 0 Å². The average Bonchev–Trinajstić information content (AvgIpc) is 2.61. The van der Waals surface area contributed by atoms with Gasteiger partial charge in [0.1, 0.15) is 5.75 Å². The molecule has 0 aliphatic carbocycles. The Kier molecular flexibility index (Phi) is 8.23. The Labute approximate surface area is 158 Å².